The number of benzene rings is 1. The molecule has 2 saturated heterocycles. The second-order valence-corrected chi connectivity index (χ2v) is 7.21. The Hall–Kier alpha value is -2.69. The first-order chi connectivity index (χ1) is 12.1. The normalized spacial score (nSPS) is 22.8. The molecule has 2 amide bonds. The Labute approximate surface area is 147 Å². The lowest BCUT2D eigenvalue weighted by atomic mass is 9.86. The molecule has 0 bridgehead atoms. The van der Waals surface area contributed by atoms with Crippen molar-refractivity contribution in [3.05, 3.63) is 59.9 Å². The third-order valence-corrected chi connectivity index (χ3v) is 5.27. The van der Waals surface area contributed by atoms with Crippen molar-refractivity contribution in [1.82, 2.24) is 9.88 Å². The van der Waals surface area contributed by atoms with Gasteiger partial charge in [0, 0.05) is 49.6 Å². The first-order valence-corrected chi connectivity index (χ1v) is 8.63. The van der Waals surface area contributed by atoms with E-state index in [1.807, 2.05) is 41.0 Å². The number of amides is 2. The van der Waals surface area contributed by atoms with E-state index in [2.05, 4.69) is 4.98 Å². The Morgan fingerprint density at radius 1 is 1.20 bits per heavy atom. The molecule has 25 heavy (non-hydrogen) atoms. The molecule has 1 aromatic heterocycles. The highest BCUT2D eigenvalue weighted by atomic mass is 16.2. The summed E-state index contributed by atoms with van der Waals surface area (Å²) >= 11 is 0. The molecule has 1 spiro atoms. The van der Waals surface area contributed by atoms with Crippen LogP contribution in [0.2, 0.25) is 0 Å². The SMILES string of the molecule is Cc1cccc(N2CC3(CCN(C(=O)c4cccnc4)C3)CC2=O)c1. The summed E-state index contributed by atoms with van der Waals surface area (Å²) in [6, 6.07) is 11.6. The van der Waals surface area contributed by atoms with Crippen LogP contribution in [0.4, 0.5) is 5.69 Å². The maximum absolute atomic E-state index is 12.7. The number of likely N-dealkylation sites (tertiary alicyclic amines) is 1. The number of hydrogen-bond acceptors (Lipinski definition) is 3. The molecule has 2 fully saturated rings. The molecule has 128 valence electrons. The van der Waals surface area contributed by atoms with E-state index in [4.69, 9.17) is 0 Å². The molecule has 1 aromatic carbocycles. The first kappa shape index (κ1) is 15.8. The van der Waals surface area contributed by atoms with Gasteiger partial charge in [-0.25, -0.2) is 0 Å². The van der Waals surface area contributed by atoms with Crippen LogP contribution in [0.25, 0.3) is 0 Å². The molecule has 0 aliphatic carbocycles. The number of rotatable bonds is 2. The van der Waals surface area contributed by atoms with Crippen LogP contribution in [0, 0.1) is 12.3 Å². The van der Waals surface area contributed by atoms with Crippen LogP contribution in [0.3, 0.4) is 0 Å². The van der Waals surface area contributed by atoms with Crippen molar-refractivity contribution in [2.45, 2.75) is 19.8 Å². The molecule has 3 heterocycles. The third kappa shape index (κ3) is 2.90. The summed E-state index contributed by atoms with van der Waals surface area (Å²) < 4.78 is 0. The number of hydrogen-bond donors (Lipinski definition) is 0. The summed E-state index contributed by atoms with van der Waals surface area (Å²) in [5, 5.41) is 0. The minimum absolute atomic E-state index is 0.00595. The summed E-state index contributed by atoms with van der Waals surface area (Å²) in [4.78, 5) is 33.0. The van der Waals surface area contributed by atoms with Crippen LogP contribution >= 0.6 is 0 Å². The highest BCUT2D eigenvalue weighted by Gasteiger charge is 2.48. The van der Waals surface area contributed by atoms with Gasteiger partial charge in [-0.2, -0.15) is 0 Å². The monoisotopic (exact) mass is 335 g/mol. The number of carbonyl (C=O) groups is 2. The molecule has 0 radical (unpaired) electrons. The largest absolute Gasteiger partial charge is 0.338 e. The van der Waals surface area contributed by atoms with E-state index in [0.717, 1.165) is 17.7 Å². The topological polar surface area (TPSA) is 53.5 Å². The quantitative estimate of drug-likeness (QED) is 0.848. The predicted octanol–water partition coefficient (Wildman–Crippen LogP) is 2.66. The second-order valence-electron chi connectivity index (χ2n) is 7.21. The minimum Gasteiger partial charge on any atom is -0.338 e. The summed E-state index contributed by atoms with van der Waals surface area (Å²) in [7, 11) is 0. The zero-order chi connectivity index (χ0) is 17.4. The third-order valence-electron chi connectivity index (χ3n) is 5.27. The van der Waals surface area contributed by atoms with Gasteiger partial charge in [0.2, 0.25) is 5.91 Å². The van der Waals surface area contributed by atoms with Crippen LogP contribution < -0.4 is 4.90 Å². The van der Waals surface area contributed by atoms with E-state index in [9.17, 15) is 9.59 Å². The number of aromatic nitrogens is 1. The lowest BCUT2D eigenvalue weighted by Gasteiger charge is -2.24. The molecular weight excluding hydrogens is 314 g/mol. The van der Waals surface area contributed by atoms with Gasteiger partial charge in [0.25, 0.3) is 5.91 Å². The van der Waals surface area contributed by atoms with Gasteiger partial charge < -0.3 is 9.80 Å². The molecular formula is C20H21N3O2. The summed E-state index contributed by atoms with van der Waals surface area (Å²) in [5.41, 5.74) is 2.59. The highest BCUT2D eigenvalue weighted by Crippen LogP contribution is 2.42. The molecule has 5 heteroatoms. The molecule has 0 saturated carbocycles. The molecule has 2 aromatic rings. The van der Waals surface area contributed by atoms with Crippen molar-refractivity contribution in [1.29, 1.82) is 0 Å². The first-order valence-electron chi connectivity index (χ1n) is 8.63. The predicted molar refractivity (Wildman–Crippen MR) is 95.3 cm³/mol. The van der Waals surface area contributed by atoms with E-state index in [1.54, 1.807) is 24.5 Å². The van der Waals surface area contributed by atoms with Gasteiger partial charge in [-0.3, -0.25) is 14.6 Å². The Morgan fingerprint density at radius 2 is 2.08 bits per heavy atom. The Morgan fingerprint density at radius 3 is 2.84 bits per heavy atom. The average molecular weight is 335 g/mol. The number of aryl methyl sites for hydroxylation is 1. The van der Waals surface area contributed by atoms with Crippen molar-refractivity contribution in [2.75, 3.05) is 24.5 Å². The Kier molecular flexibility index (Phi) is 3.79. The van der Waals surface area contributed by atoms with Crippen molar-refractivity contribution >= 4 is 17.5 Å². The zero-order valence-corrected chi connectivity index (χ0v) is 14.3. The molecule has 2 aliphatic rings. The molecule has 1 atom stereocenters. The zero-order valence-electron chi connectivity index (χ0n) is 14.3. The lowest BCUT2D eigenvalue weighted by molar-refractivity contribution is -0.117. The van der Waals surface area contributed by atoms with Crippen LogP contribution in [0.1, 0.15) is 28.8 Å². The number of anilines is 1. The van der Waals surface area contributed by atoms with Gasteiger partial charge >= 0.3 is 0 Å². The number of nitrogens with zero attached hydrogens (tertiary/aromatic N) is 3. The second kappa shape index (κ2) is 5.99. The van der Waals surface area contributed by atoms with Gasteiger partial charge in [0.15, 0.2) is 0 Å². The van der Waals surface area contributed by atoms with Crippen molar-refractivity contribution < 1.29 is 9.59 Å². The smallest absolute Gasteiger partial charge is 0.255 e. The van der Waals surface area contributed by atoms with E-state index >= 15 is 0 Å². The molecule has 1 unspecified atom stereocenters. The summed E-state index contributed by atoms with van der Waals surface area (Å²) in [5.74, 6) is 0.160. The van der Waals surface area contributed by atoms with Gasteiger partial charge in [-0.05, 0) is 43.2 Å². The fourth-order valence-electron chi connectivity index (χ4n) is 3.98. The van der Waals surface area contributed by atoms with Crippen molar-refractivity contribution in [3.8, 4) is 0 Å². The van der Waals surface area contributed by atoms with Crippen LogP contribution in [0.15, 0.2) is 48.8 Å². The van der Waals surface area contributed by atoms with Crippen LogP contribution in [-0.4, -0.2) is 41.3 Å². The van der Waals surface area contributed by atoms with E-state index in [0.29, 0.717) is 31.6 Å². The van der Waals surface area contributed by atoms with Crippen molar-refractivity contribution in [2.24, 2.45) is 5.41 Å². The van der Waals surface area contributed by atoms with Gasteiger partial charge in [-0.15, -0.1) is 0 Å². The fourth-order valence-corrected chi connectivity index (χ4v) is 3.98. The fraction of sp³-hybridized carbons (Fsp3) is 0.350. The highest BCUT2D eigenvalue weighted by molar-refractivity contribution is 5.97. The van der Waals surface area contributed by atoms with E-state index in [-0.39, 0.29) is 17.2 Å². The van der Waals surface area contributed by atoms with Gasteiger partial charge in [-0.1, -0.05) is 12.1 Å². The molecule has 5 nitrogen and oxygen atoms in total. The average Bonchev–Trinajstić information content (AvgIpc) is 3.18. The van der Waals surface area contributed by atoms with E-state index < -0.39 is 0 Å². The maximum Gasteiger partial charge on any atom is 0.255 e. The molecule has 2 aliphatic heterocycles. The standard InChI is InChI=1S/C20H21N3O2/c1-15-4-2-6-17(10-15)23-14-20(11-18(23)24)7-9-22(13-20)19(25)16-5-3-8-21-12-16/h2-6,8,10,12H,7,9,11,13-14H2,1H3. The van der Waals surface area contributed by atoms with Gasteiger partial charge in [0.1, 0.15) is 0 Å². The number of carbonyl (C=O) groups excluding carboxylic acids is 2. The summed E-state index contributed by atoms with van der Waals surface area (Å²) in [6.07, 6.45) is 4.65. The number of pyridine rings is 1. The Bertz CT molecular complexity index is 821. The van der Waals surface area contributed by atoms with Crippen molar-refractivity contribution in [3.63, 3.8) is 0 Å². The summed E-state index contributed by atoms with van der Waals surface area (Å²) in [6.45, 7) is 4.05. The molecule has 0 N–H and O–H groups in total. The maximum atomic E-state index is 12.7. The van der Waals surface area contributed by atoms with Gasteiger partial charge in [0.05, 0.1) is 5.56 Å². The van der Waals surface area contributed by atoms with Crippen LogP contribution in [-0.2, 0) is 4.79 Å². The van der Waals surface area contributed by atoms with E-state index in [1.165, 1.54) is 0 Å². The minimum atomic E-state index is -0.126. The lowest BCUT2D eigenvalue weighted by Crippen LogP contribution is -2.34. The van der Waals surface area contributed by atoms with Crippen LogP contribution in [0.5, 0.6) is 0 Å². The molecule has 4 rings (SSSR count). The Balaban J connectivity index is 1.51.